The van der Waals surface area contributed by atoms with Gasteiger partial charge >= 0.3 is 0 Å². The molecule has 0 saturated carbocycles. The largest absolute Gasteiger partial charge is 0.506 e. The summed E-state index contributed by atoms with van der Waals surface area (Å²) >= 11 is 12.2. The summed E-state index contributed by atoms with van der Waals surface area (Å²) in [6.07, 6.45) is 0. The van der Waals surface area contributed by atoms with E-state index in [4.69, 9.17) is 23.2 Å². The zero-order valence-electron chi connectivity index (χ0n) is 19.7. The molecule has 0 bridgehead atoms. The molecule has 36 heavy (non-hydrogen) atoms. The Labute approximate surface area is 220 Å². The van der Waals surface area contributed by atoms with E-state index in [2.05, 4.69) is 0 Å². The molecule has 0 spiro atoms. The molecule has 0 atom stereocenters. The Hall–Kier alpha value is -2.90. The van der Waals surface area contributed by atoms with Gasteiger partial charge in [-0.2, -0.15) is 4.31 Å². The highest BCUT2D eigenvalue weighted by atomic mass is 35.5. The number of aryl methyl sites for hydroxylation is 2. The van der Waals surface area contributed by atoms with E-state index in [1.807, 2.05) is 37.3 Å². The van der Waals surface area contributed by atoms with Gasteiger partial charge in [-0.3, -0.25) is 0 Å². The molecule has 0 aliphatic heterocycles. The maximum absolute atomic E-state index is 13.8. The van der Waals surface area contributed by atoms with Gasteiger partial charge in [0, 0.05) is 23.1 Å². The van der Waals surface area contributed by atoms with Crippen molar-refractivity contribution in [3.05, 3.63) is 117 Å². The predicted molar refractivity (Wildman–Crippen MR) is 142 cm³/mol. The molecule has 0 unspecified atom stereocenters. The normalized spacial score (nSPS) is 11.7. The third-order valence-electron chi connectivity index (χ3n) is 5.94. The first-order valence-electron chi connectivity index (χ1n) is 11.1. The monoisotopic (exact) mass is 543 g/mol. The van der Waals surface area contributed by atoms with Gasteiger partial charge in [0.05, 0.1) is 0 Å². The number of hydrogen-bond acceptors (Lipinski definition) is 3. The summed E-state index contributed by atoms with van der Waals surface area (Å²) < 4.78 is 42.4. The van der Waals surface area contributed by atoms with Crippen LogP contribution in [0.4, 0.5) is 4.39 Å². The molecule has 0 radical (unpaired) electrons. The molecule has 0 amide bonds. The van der Waals surface area contributed by atoms with Gasteiger partial charge < -0.3 is 5.11 Å². The maximum Gasteiger partial charge on any atom is 0.247 e. The third kappa shape index (κ3) is 5.73. The van der Waals surface area contributed by atoms with E-state index in [0.717, 1.165) is 22.3 Å². The zero-order valence-corrected chi connectivity index (χ0v) is 22.0. The van der Waals surface area contributed by atoms with Crippen LogP contribution in [0.5, 0.6) is 5.75 Å². The van der Waals surface area contributed by atoms with E-state index < -0.39 is 15.8 Å². The first-order valence-corrected chi connectivity index (χ1v) is 13.3. The number of halogens is 3. The second kappa shape index (κ2) is 10.6. The molecule has 0 aromatic heterocycles. The molecule has 0 aliphatic rings. The molecule has 0 heterocycles. The molecule has 1 N–H and O–H groups in total. The van der Waals surface area contributed by atoms with Gasteiger partial charge in [-0.1, -0.05) is 59.6 Å². The van der Waals surface area contributed by atoms with Crippen LogP contribution in [0.3, 0.4) is 0 Å². The van der Waals surface area contributed by atoms with Crippen LogP contribution in [-0.2, 0) is 23.1 Å². The van der Waals surface area contributed by atoms with Crippen molar-refractivity contribution < 1.29 is 17.9 Å². The van der Waals surface area contributed by atoms with Crippen molar-refractivity contribution >= 4 is 33.2 Å². The van der Waals surface area contributed by atoms with E-state index in [1.165, 1.54) is 40.7 Å². The Kier molecular flexibility index (Phi) is 7.71. The molecule has 8 heteroatoms. The molecular formula is C28H24Cl2FNO3S. The molecule has 0 fully saturated rings. The minimum absolute atomic E-state index is 0.0194. The Morgan fingerprint density at radius 1 is 0.778 bits per heavy atom. The molecule has 0 saturated heterocycles. The number of rotatable bonds is 7. The summed E-state index contributed by atoms with van der Waals surface area (Å²) in [5.74, 6) is -0.767. The summed E-state index contributed by atoms with van der Waals surface area (Å²) in [6, 6.07) is 21.5. The van der Waals surface area contributed by atoms with E-state index in [0.29, 0.717) is 16.1 Å². The lowest BCUT2D eigenvalue weighted by Crippen LogP contribution is -2.30. The van der Waals surface area contributed by atoms with Crippen molar-refractivity contribution in [2.24, 2.45) is 0 Å². The van der Waals surface area contributed by atoms with Crippen LogP contribution in [0.15, 0.2) is 83.8 Å². The van der Waals surface area contributed by atoms with E-state index in [1.54, 1.807) is 19.1 Å². The van der Waals surface area contributed by atoms with Gasteiger partial charge in [0.25, 0.3) is 0 Å². The number of nitrogens with zero attached hydrogens (tertiary/aromatic N) is 1. The summed E-state index contributed by atoms with van der Waals surface area (Å²) in [7, 11) is -4.19. The highest BCUT2D eigenvalue weighted by Crippen LogP contribution is 2.34. The van der Waals surface area contributed by atoms with Gasteiger partial charge in [0.2, 0.25) is 10.0 Å². The average Bonchev–Trinajstić information content (AvgIpc) is 2.84. The second-order valence-electron chi connectivity index (χ2n) is 8.63. The number of sulfonamides is 1. The van der Waals surface area contributed by atoms with E-state index in [-0.39, 0.29) is 28.8 Å². The van der Waals surface area contributed by atoms with Crippen molar-refractivity contribution in [3.8, 4) is 16.9 Å². The van der Waals surface area contributed by atoms with Gasteiger partial charge in [-0.05, 0) is 89.7 Å². The molecule has 0 aliphatic carbocycles. The molecule has 4 nitrogen and oxygen atoms in total. The minimum Gasteiger partial charge on any atom is -0.506 e. The number of aromatic hydroxyl groups is 1. The zero-order chi connectivity index (χ0) is 26.0. The van der Waals surface area contributed by atoms with Crippen molar-refractivity contribution in [3.63, 3.8) is 0 Å². The van der Waals surface area contributed by atoms with Crippen LogP contribution < -0.4 is 0 Å². The Bertz CT molecular complexity index is 1510. The van der Waals surface area contributed by atoms with Crippen molar-refractivity contribution in [1.29, 1.82) is 0 Å². The fourth-order valence-corrected chi connectivity index (χ4v) is 6.03. The smallest absolute Gasteiger partial charge is 0.247 e. The van der Waals surface area contributed by atoms with Crippen LogP contribution in [-0.4, -0.2) is 17.8 Å². The Morgan fingerprint density at radius 3 is 2.06 bits per heavy atom. The van der Waals surface area contributed by atoms with Gasteiger partial charge in [0.15, 0.2) is 0 Å². The highest BCUT2D eigenvalue weighted by Gasteiger charge is 2.29. The number of hydrogen-bond donors (Lipinski definition) is 1. The SMILES string of the molecule is Cc1ccc(CN(Cc2ccc(F)cc2)S(=O)(=O)c2cc(Cl)cc(C)c2O)cc1-c1ccc(Cl)cc1. The van der Waals surface area contributed by atoms with Gasteiger partial charge in [0.1, 0.15) is 16.5 Å². The first-order chi connectivity index (χ1) is 17.0. The van der Waals surface area contributed by atoms with Crippen LogP contribution in [0.25, 0.3) is 11.1 Å². The quantitative estimate of drug-likeness (QED) is 0.262. The van der Waals surface area contributed by atoms with Crippen LogP contribution in [0.2, 0.25) is 10.0 Å². The van der Waals surface area contributed by atoms with Crippen molar-refractivity contribution in [2.45, 2.75) is 31.8 Å². The van der Waals surface area contributed by atoms with Gasteiger partial charge in [-0.15, -0.1) is 0 Å². The van der Waals surface area contributed by atoms with Crippen LogP contribution in [0, 0.1) is 19.7 Å². The molecule has 4 aromatic carbocycles. The summed E-state index contributed by atoms with van der Waals surface area (Å²) in [5, 5.41) is 11.4. The molecule has 4 rings (SSSR count). The van der Waals surface area contributed by atoms with E-state index >= 15 is 0 Å². The summed E-state index contributed by atoms with van der Waals surface area (Å²) in [5.41, 5.74) is 4.62. The van der Waals surface area contributed by atoms with Crippen LogP contribution >= 0.6 is 23.2 Å². The maximum atomic E-state index is 13.8. The summed E-state index contributed by atoms with van der Waals surface area (Å²) in [4.78, 5) is -0.278. The lowest BCUT2D eigenvalue weighted by molar-refractivity contribution is 0.394. The highest BCUT2D eigenvalue weighted by molar-refractivity contribution is 7.89. The van der Waals surface area contributed by atoms with Crippen LogP contribution in [0.1, 0.15) is 22.3 Å². The number of benzene rings is 4. The fourth-order valence-electron chi connectivity index (χ4n) is 3.97. The van der Waals surface area contributed by atoms with Crippen molar-refractivity contribution in [2.75, 3.05) is 0 Å². The lowest BCUT2D eigenvalue weighted by atomic mass is 9.98. The molecule has 186 valence electrons. The third-order valence-corrected chi connectivity index (χ3v) is 8.21. The molecular weight excluding hydrogens is 520 g/mol. The topological polar surface area (TPSA) is 57.6 Å². The Balaban J connectivity index is 1.78. The van der Waals surface area contributed by atoms with Crippen molar-refractivity contribution in [1.82, 2.24) is 4.31 Å². The molecule has 4 aromatic rings. The predicted octanol–water partition coefficient (Wildman–Crippen LogP) is 7.51. The number of phenolic OH excluding ortho intramolecular Hbond substituents is 1. The standard InChI is InChI=1S/C28H24Cl2FNO3S/c1-18-3-4-21(14-26(18)22-7-9-23(29)10-8-22)17-32(16-20-5-11-25(31)12-6-20)36(34,35)27-15-24(30)13-19(2)28(27)33/h3-15,33H,16-17H2,1-2H3. The minimum atomic E-state index is -4.19. The van der Waals surface area contributed by atoms with E-state index in [9.17, 15) is 17.9 Å². The number of phenols is 1. The average molecular weight is 544 g/mol. The summed E-state index contributed by atoms with van der Waals surface area (Å²) in [6.45, 7) is 3.56. The fraction of sp³-hybridized carbons (Fsp3) is 0.143. The Morgan fingerprint density at radius 2 is 1.39 bits per heavy atom. The van der Waals surface area contributed by atoms with Gasteiger partial charge in [-0.25, -0.2) is 12.8 Å². The second-order valence-corrected chi connectivity index (χ2v) is 11.4. The first kappa shape index (κ1) is 26.2. The lowest BCUT2D eigenvalue weighted by Gasteiger charge is -2.24.